The molecule has 3 heterocycles. The Kier molecular flexibility index (Phi) is 3.63. The molecule has 4 heteroatoms. The van der Waals surface area contributed by atoms with E-state index in [0.717, 1.165) is 26.3 Å². The van der Waals surface area contributed by atoms with Crippen LogP contribution in [0.4, 0.5) is 11.4 Å². The third kappa shape index (κ3) is 2.57. The normalized spacial score (nSPS) is 18.1. The van der Waals surface area contributed by atoms with Gasteiger partial charge in [-0.05, 0) is 55.8 Å². The van der Waals surface area contributed by atoms with Crippen LogP contribution in [0, 0.1) is 0 Å². The highest BCUT2D eigenvalue weighted by atomic mass is 15.4. The van der Waals surface area contributed by atoms with Crippen LogP contribution in [0.5, 0.6) is 0 Å². The van der Waals surface area contributed by atoms with Gasteiger partial charge in [-0.25, -0.2) is 0 Å². The molecule has 0 amide bonds. The molecule has 0 spiro atoms. The van der Waals surface area contributed by atoms with Gasteiger partial charge in [0, 0.05) is 29.7 Å². The first kappa shape index (κ1) is 14.8. The fourth-order valence-electron chi connectivity index (χ4n) is 4.37. The fourth-order valence-corrected chi connectivity index (χ4v) is 4.37. The van der Waals surface area contributed by atoms with Crippen LogP contribution in [0.3, 0.4) is 0 Å². The Labute approximate surface area is 148 Å². The first-order valence-electron chi connectivity index (χ1n) is 9.26. The van der Waals surface area contributed by atoms with Gasteiger partial charge in [-0.15, -0.1) is 0 Å². The molecular weight excluding hydrogens is 308 g/mol. The summed E-state index contributed by atoms with van der Waals surface area (Å²) in [6.45, 7) is 4.20. The first-order valence-corrected chi connectivity index (χ1v) is 9.26. The minimum absolute atomic E-state index is 0.649. The number of nitrogens with one attached hydrogen (secondary N) is 2. The summed E-state index contributed by atoms with van der Waals surface area (Å²) in [4.78, 5) is 8.47. The zero-order valence-corrected chi connectivity index (χ0v) is 14.4. The first-order chi connectivity index (χ1) is 12.4. The summed E-state index contributed by atoms with van der Waals surface area (Å²) in [5.74, 6) is 0. The Morgan fingerprint density at radius 1 is 0.920 bits per heavy atom. The number of anilines is 2. The predicted octanol–water partition coefficient (Wildman–Crippen LogP) is 3.70. The van der Waals surface area contributed by atoms with Crippen LogP contribution in [0.25, 0.3) is 10.9 Å². The molecule has 128 valence electrons. The van der Waals surface area contributed by atoms with Gasteiger partial charge in [0.15, 0.2) is 0 Å². The van der Waals surface area contributed by atoms with Gasteiger partial charge < -0.3 is 20.1 Å². The zero-order chi connectivity index (χ0) is 16.6. The van der Waals surface area contributed by atoms with E-state index in [4.69, 9.17) is 0 Å². The predicted molar refractivity (Wildman–Crippen MR) is 104 cm³/mol. The third-order valence-corrected chi connectivity index (χ3v) is 5.65. The summed E-state index contributed by atoms with van der Waals surface area (Å²) in [6, 6.07) is 18.3. The van der Waals surface area contributed by atoms with Crippen molar-refractivity contribution >= 4 is 22.3 Å². The second-order valence-corrected chi connectivity index (χ2v) is 7.14. The summed E-state index contributed by atoms with van der Waals surface area (Å²) < 4.78 is 0. The van der Waals surface area contributed by atoms with Gasteiger partial charge in [0.25, 0.3) is 0 Å². The highest BCUT2D eigenvalue weighted by Crippen LogP contribution is 2.39. The van der Waals surface area contributed by atoms with Crippen molar-refractivity contribution in [3.63, 3.8) is 0 Å². The monoisotopic (exact) mass is 332 g/mol. The number of benzene rings is 2. The highest BCUT2D eigenvalue weighted by molar-refractivity contribution is 5.84. The lowest BCUT2D eigenvalue weighted by atomic mass is 10.0. The van der Waals surface area contributed by atoms with Gasteiger partial charge in [0.2, 0.25) is 0 Å². The van der Waals surface area contributed by atoms with Crippen molar-refractivity contribution in [1.82, 2.24) is 10.3 Å². The second-order valence-electron chi connectivity index (χ2n) is 7.14. The largest absolute Gasteiger partial charge is 0.361 e. The number of hydrogen-bond acceptors (Lipinski definition) is 3. The van der Waals surface area contributed by atoms with Crippen molar-refractivity contribution in [2.75, 3.05) is 29.6 Å². The molecular formula is C21H24N4. The van der Waals surface area contributed by atoms with Crippen molar-refractivity contribution in [2.24, 2.45) is 0 Å². The standard InChI is InChI=1S/C21H24N4/c1-2-7-21-20(6-1)24(15-25(21)17-8-11-22-12-9-17)14-16-4-3-5-19-18(16)10-13-23-19/h1-7,10,13,17,22-23H,8-9,11-12,14-15H2. The molecule has 1 aromatic heterocycles. The molecule has 0 saturated carbocycles. The van der Waals surface area contributed by atoms with Crippen LogP contribution in [0.15, 0.2) is 54.7 Å². The van der Waals surface area contributed by atoms with Crippen molar-refractivity contribution in [2.45, 2.75) is 25.4 Å². The van der Waals surface area contributed by atoms with E-state index in [1.807, 2.05) is 6.20 Å². The number of H-pyrrole nitrogens is 1. The van der Waals surface area contributed by atoms with Crippen LogP contribution in [-0.4, -0.2) is 30.8 Å². The van der Waals surface area contributed by atoms with Crippen LogP contribution in [-0.2, 0) is 6.54 Å². The van der Waals surface area contributed by atoms with Gasteiger partial charge in [0.05, 0.1) is 18.0 Å². The summed E-state index contributed by atoms with van der Waals surface area (Å²) in [5, 5.41) is 4.82. The van der Waals surface area contributed by atoms with Crippen molar-refractivity contribution in [1.29, 1.82) is 0 Å². The average Bonchev–Trinajstić information content (AvgIpc) is 3.28. The van der Waals surface area contributed by atoms with E-state index < -0.39 is 0 Å². The Hall–Kier alpha value is -2.46. The molecule has 0 radical (unpaired) electrons. The summed E-state index contributed by atoms with van der Waals surface area (Å²) in [7, 11) is 0. The van der Waals surface area contributed by atoms with E-state index in [0.29, 0.717) is 6.04 Å². The van der Waals surface area contributed by atoms with Crippen LogP contribution in [0.2, 0.25) is 0 Å². The Bertz CT molecular complexity index is 878. The third-order valence-electron chi connectivity index (χ3n) is 5.65. The molecule has 4 nitrogen and oxygen atoms in total. The van der Waals surface area contributed by atoms with Gasteiger partial charge >= 0.3 is 0 Å². The van der Waals surface area contributed by atoms with E-state index >= 15 is 0 Å². The molecule has 2 aliphatic heterocycles. The maximum atomic E-state index is 3.49. The maximum absolute atomic E-state index is 3.49. The Morgan fingerprint density at radius 3 is 2.64 bits per heavy atom. The summed E-state index contributed by atoms with van der Waals surface area (Å²) in [6.07, 6.45) is 4.50. The molecule has 2 N–H and O–H groups in total. The van der Waals surface area contributed by atoms with Gasteiger partial charge in [0.1, 0.15) is 0 Å². The number of fused-ring (bicyclic) bond motifs is 2. The molecule has 0 aliphatic carbocycles. The van der Waals surface area contributed by atoms with Gasteiger partial charge in [-0.2, -0.15) is 0 Å². The molecule has 1 fully saturated rings. The molecule has 0 bridgehead atoms. The number of aromatic nitrogens is 1. The fraction of sp³-hybridized carbons (Fsp3) is 0.333. The number of hydrogen-bond donors (Lipinski definition) is 2. The van der Waals surface area contributed by atoms with Crippen LogP contribution < -0.4 is 15.1 Å². The summed E-state index contributed by atoms with van der Waals surface area (Å²) >= 11 is 0. The van der Waals surface area contributed by atoms with E-state index in [1.54, 1.807) is 0 Å². The van der Waals surface area contributed by atoms with Gasteiger partial charge in [-0.1, -0.05) is 24.3 Å². The smallest absolute Gasteiger partial charge is 0.0910 e. The number of nitrogens with zero attached hydrogens (tertiary/aromatic N) is 2. The number of aromatic amines is 1. The Morgan fingerprint density at radius 2 is 1.76 bits per heavy atom. The van der Waals surface area contributed by atoms with Crippen molar-refractivity contribution < 1.29 is 0 Å². The lowest BCUT2D eigenvalue weighted by Gasteiger charge is -2.33. The van der Waals surface area contributed by atoms with E-state index in [2.05, 4.69) is 68.6 Å². The summed E-state index contributed by atoms with van der Waals surface area (Å²) in [5.41, 5.74) is 5.38. The molecule has 0 atom stereocenters. The maximum Gasteiger partial charge on any atom is 0.0910 e. The molecule has 1 saturated heterocycles. The number of rotatable bonds is 3. The van der Waals surface area contributed by atoms with Crippen LogP contribution in [0.1, 0.15) is 18.4 Å². The minimum Gasteiger partial charge on any atom is -0.361 e. The molecule has 3 aromatic rings. The van der Waals surface area contributed by atoms with E-state index in [1.165, 1.54) is 40.7 Å². The molecule has 2 aromatic carbocycles. The topological polar surface area (TPSA) is 34.3 Å². The lowest BCUT2D eigenvalue weighted by Crippen LogP contribution is -2.44. The molecule has 5 rings (SSSR count). The Balaban J connectivity index is 1.47. The van der Waals surface area contributed by atoms with Crippen LogP contribution >= 0.6 is 0 Å². The minimum atomic E-state index is 0.649. The van der Waals surface area contributed by atoms with Crippen molar-refractivity contribution in [3.05, 3.63) is 60.3 Å². The SMILES string of the molecule is c1ccc2c(c1)N(Cc1cccc3[nH]ccc13)CN2C1CCNCC1. The number of para-hydroxylation sites is 2. The molecule has 2 aliphatic rings. The van der Waals surface area contributed by atoms with Crippen molar-refractivity contribution in [3.8, 4) is 0 Å². The zero-order valence-electron chi connectivity index (χ0n) is 14.4. The molecule has 25 heavy (non-hydrogen) atoms. The van der Waals surface area contributed by atoms with Gasteiger partial charge in [-0.3, -0.25) is 0 Å². The second kappa shape index (κ2) is 6.12. The lowest BCUT2D eigenvalue weighted by molar-refractivity contribution is 0.433. The quantitative estimate of drug-likeness (QED) is 0.767. The highest BCUT2D eigenvalue weighted by Gasteiger charge is 2.31. The molecule has 0 unspecified atom stereocenters. The van der Waals surface area contributed by atoms with E-state index in [9.17, 15) is 0 Å². The van der Waals surface area contributed by atoms with E-state index in [-0.39, 0.29) is 0 Å². The number of piperidine rings is 1. The average molecular weight is 332 g/mol.